The highest BCUT2D eigenvalue weighted by atomic mass is 15.0. The molecule has 190 valence electrons. The van der Waals surface area contributed by atoms with Gasteiger partial charge in [-0.05, 0) is 82.4 Å². The molecule has 0 unspecified atom stereocenters. The van der Waals surface area contributed by atoms with Crippen LogP contribution >= 0.6 is 0 Å². The van der Waals surface area contributed by atoms with Crippen molar-refractivity contribution in [1.29, 1.82) is 0 Å². The molecule has 40 heavy (non-hydrogen) atoms. The van der Waals surface area contributed by atoms with Crippen LogP contribution in [0, 0.1) is 0 Å². The summed E-state index contributed by atoms with van der Waals surface area (Å²) in [6.45, 7) is 3.89. The van der Waals surface area contributed by atoms with Crippen LogP contribution in [0.4, 0.5) is 11.4 Å². The van der Waals surface area contributed by atoms with Crippen molar-refractivity contribution in [2.45, 2.75) is 0 Å². The number of nitrogens with one attached hydrogen (secondary N) is 1. The molecular formula is C38H28N2. The van der Waals surface area contributed by atoms with Crippen molar-refractivity contribution in [2.75, 3.05) is 5.32 Å². The van der Waals surface area contributed by atoms with Crippen LogP contribution in [-0.2, 0) is 0 Å². The summed E-state index contributed by atoms with van der Waals surface area (Å²) in [6, 6.07) is 51.7. The minimum Gasteiger partial charge on any atom is -0.356 e. The third-order valence-electron chi connectivity index (χ3n) is 7.56. The van der Waals surface area contributed by atoms with E-state index in [1.54, 1.807) is 0 Å². The standard InChI is InChI=1S/C38H28N2/c1-2-27-12-23-34(24-13-27)40-37-11-7-6-10-35(37)36-26-31(18-25-38(36)40)30-16-21-33(22-17-30)39-32-19-14-29(15-20-32)28-8-4-3-5-9-28/h2-26,39H,1H2. The monoisotopic (exact) mass is 512 g/mol. The van der Waals surface area contributed by atoms with Gasteiger partial charge in [0, 0.05) is 27.8 Å². The van der Waals surface area contributed by atoms with Gasteiger partial charge in [0.1, 0.15) is 0 Å². The Morgan fingerprint density at radius 1 is 0.475 bits per heavy atom. The van der Waals surface area contributed by atoms with E-state index in [4.69, 9.17) is 0 Å². The van der Waals surface area contributed by atoms with Crippen LogP contribution in [-0.4, -0.2) is 4.57 Å². The maximum absolute atomic E-state index is 3.89. The number of hydrogen-bond acceptors (Lipinski definition) is 1. The molecule has 1 heterocycles. The van der Waals surface area contributed by atoms with Crippen LogP contribution in [0.1, 0.15) is 5.56 Å². The lowest BCUT2D eigenvalue weighted by Gasteiger charge is -2.10. The molecule has 0 bridgehead atoms. The van der Waals surface area contributed by atoms with Gasteiger partial charge in [-0.2, -0.15) is 0 Å². The summed E-state index contributed by atoms with van der Waals surface area (Å²) >= 11 is 0. The van der Waals surface area contributed by atoms with E-state index in [1.165, 1.54) is 44.1 Å². The Morgan fingerprint density at radius 3 is 1.70 bits per heavy atom. The molecule has 0 spiro atoms. The van der Waals surface area contributed by atoms with E-state index in [0.717, 1.165) is 22.6 Å². The Kier molecular flexibility index (Phi) is 5.99. The summed E-state index contributed by atoms with van der Waals surface area (Å²) in [6.07, 6.45) is 1.88. The minimum absolute atomic E-state index is 1.07. The summed E-state index contributed by atoms with van der Waals surface area (Å²) in [7, 11) is 0. The molecule has 2 heteroatoms. The third kappa shape index (κ3) is 4.36. The number of rotatable bonds is 6. The number of aromatic nitrogens is 1. The van der Waals surface area contributed by atoms with Gasteiger partial charge in [-0.3, -0.25) is 0 Å². The van der Waals surface area contributed by atoms with Gasteiger partial charge < -0.3 is 9.88 Å². The fourth-order valence-electron chi connectivity index (χ4n) is 5.48. The van der Waals surface area contributed by atoms with Crippen LogP contribution < -0.4 is 5.32 Å². The highest BCUT2D eigenvalue weighted by Gasteiger charge is 2.13. The number of hydrogen-bond donors (Lipinski definition) is 1. The van der Waals surface area contributed by atoms with Crippen molar-refractivity contribution in [1.82, 2.24) is 4.57 Å². The predicted octanol–water partition coefficient (Wildman–Crippen LogP) is 10.5. The van der Waals surface area contributed by atoms with Gasteiger partial charge in [-0.25, -0.2) is 0 Å². The number of fused-ring (bicyclic) bond motifs is 3. The molecule has 0 amide bonds. The second kappa shape index (κ2) is 10.1. The Balaban J connectivity index is 1.18. The van der Waals surface area contributed by atoms with Crippen molar-refractivity contribution in [3.8, 4) is 27.9 Å². The first-order valence-electron chi connectivity index (χ1n) is 13.6. The number of benzene rings is 6. The summed E-state index contributed by atoms with van der Waals surface area (Å²) in [5.74, 6) is 0. The van der Waals surface area contributed by atoms with Crippen molar-refractivity contribution < 1.29 is 0 Å². The lowest BCUT2D eigenvalue weighted by molar-refractivity contribution is 1.18. The van der Waals surface area contributed by atoms with Gasteiger partial charge in [0.15, 0.2) is 0 Å². The second-order valence-electron chi connectivity index (χ2n) is 10.0. The van der Waals surface area contributed by atoms with Crippen LogP contribution in [0.15, 0.2) is 152 Å². The van der Waals surface area contributed by atoms with Crippen LogP contribution in [0.3, 0.4) is 0 Å². The quantitative estimate of drug-likeness (QED) is 0.234. The molecule has 0 saturated heterocycles. The van der Waals surface area contributed by atoms with Crippen molar-refractivity contribution in [3.05, 3.63) is 158 Å². The maximum atomic E-state index is 3.89. The topological polar surface area (TPSA) is 17.0 Å². The van der Waals surface area contributed by atoms with Gasteiger partial charge >= 0.3 is 0 Å². The first-order valence-corrected chi connectivity index (χ1v) is 13.6. The Bertz CT molecular complexity index is 1940. The molecule has 0 aliphatic carbocycles. The fraction of sp³-hybridized carbons (Fsp3) is 0. The molecule has 0 fully saturated rings. The van der Waals surface area contributed by atoms with Gasteiger partial charge in [0.2, 0.25) is 0 Å². The van der Waals surface area contributed by atoms with Crippen molar-refractivity contribution in [2.24, 2.45) is 0 Å². The average molecular weight is 513 g/mol. The van der Waals surface area contributed by atoms with E-state index in [1.807, 2.05) is 12.1 Å². The molecule has 0 radical (unpaired) electrons. The number of para-hydroxylation sites is 1. The normalized spacial score (nSPS) is 11.1. The van der Waals surface area contributed by atoms with E-state index in [2.05, 4.69) is 156 Å². The average Bonchev–Trinajstić information content (AvgIpc) is 3.36. The molecule has 2 nitrogen and oxygen atoms in total. The number of nitrogens with zero attached hydrogens (tertiary/aromatic N) is 1. The zero-order valence-corrected chi connectivity index (χ0v) is 22.1. The third-order valence-corrected chi connectivity index (χ3v) is 7.56. The summed E-state index contributed by atoms with van der Waals surface area (Å²) in [5, 5.41) is 6.04. The highest BCUT2D eigenvalue weighted by molar-refractivity contribution is 6.10. The van der Waals surface area contributed by atoms with Gasteiger partial charge in [-0.1, -0.05) is 104 Å². The van der Waals surface area contributed by atoms with E-state index in [-0.39, 0.29) is 0 Å². The second-order valence-corrected chi connectivity index (χ2v) is 10.0. The molecule has 1 N–H and O–H groups in total. The summed E-state index contributed by atoms with van der Waals surface area (Å²) in [4.78, 5) is 0. The predicted molar refractivity (Wildman–Crippen MR) is 171 cm³/mol. The molecule has 7 rings (SSSR count). The van der Waals surface area contributed by atoms with Crippen molar-refractivity contribution >= 4 is 39.3 Å². The largest absolute Gasteiger partial charge is 0.356 e. The zero-order chi connectivity index (χ0) is 26.9. The Hall–Kier alpha value is -5.34. The minimum atomic E-state index is 1.07. The highest BCUT2D eigenvalue weighted by Crippen LogP contribution is 2.35. The first kappa shape index (κ1) is 23.8. The van der Waals surface area contributed by atoms with Gasteiger partial charge in [0.25, 0.3) is 0 Å². The summed E-state index contributed by atoms with van der Waals surface area (Å²) in [5.41, 5.74) is 11.7. The lowest BCUT2D eigenvalue weighted by Crippen LogP contribution is -1.93. The van der Waals surface area contributed by atoms with Crippen molar-refractivity contribution in [3.63, 3.8) is 0 Å². The van der Waals surface area contributed by atoms with Crippen LogP contribution in [0.25, 0.3) is 55.8 Å². The van der Waals surface area contributed by atoms with E-state index < -0.39 is 0 Å². The van der Waals surface area contributed by atoms with E-state index >= 15 is 0 Å². The molecule has 0 saturated carbocycles. The molecule has 6 aromatic carbocycles. The smallest absolute Gasteiger partial charge is 0.0541 e. The Labute approximate surface area is 234 Å². The van der Waals surface area contributed by atoms with E-state index in [0.29, 0.717) is 0 Å². The van der Waals surface area contributed by atoms with Gasteiger partial charge in [-0.15, -0.1) is 0 Å². The molecular weight excluding hydrogens is 484 g/mol. The molecule has 0 atom stereocenters. The maximum Gasteiger partial charge on any atom is 0.0541 e. The Morgan fingerprint density at radius 2 is 1.02 bits per heavy atom. The fourth-order valence-corrected chi connectivity index (χ4v) is 5.48. The zero-order valence-electron chi connectivity index (χ0n) is 22.1. The molecule has 0 aliphatic rings. The molecule has 7 aromatic rings. The van der Waals surface area contributed by atoms with Gasteiger partial charge in [0.05, 0.1) is 11.0 Å². The summed E-state index contributed by atoms with van der Waals surface area (Å²) < 4.78 is 2.34. The SMILES string of the molecule is C=Cc1ccc(-n2c3ccccc3c3cc(-c4ccc(Nc5ccc(-c6ccccc6)cc5)cc4)ccc32)cc1. The molecule has 0 aliphatic heterocycles. The first-order chi connectivity index (χ1) is 19.8. The molecule has 1 aromatic heterocycles. The van der Waals surface area contributed by atoms with Crippen LogP contribution in [0.2, 0.25) is 0 Å². The number of anilines is 2. The van der Waals surface area contributed by atoms with E-state index in [9.17, 15) is 0 Å². The lowest BCUT2D eigenvalue weighted by atomic mass is 10.0. The van der Waals surface area contributed by atoms with Crippen LogP contribution in [0.5, 0.6) is 0 Å².